The molecule has 0 spiro atoms. The fourth-order valence-electron chi connectivity index (χ4n) is 10.2. The molecule has 0 saturated heterocycles. The first-order valence-corrected chi connectivity index (χ1v) is 24.1. The van der Waals surface area contributed by atoms with Crippen molar-refractivity contribution in [1.82, 2.24) is 9.80 Å². The summed E-state index contributed by atoms with van der Waals surface area (Å²) >= 11 is 8.68. The predicted octanol–water partition coefficient (Wildman–Crippen LogP) is 13.0. The maximum atomic E-state index is 14.7. The van der Waals surface area contributed by atoms with E-state index in [4.69, 9.17) is 0 Å². The molecule has 4 amide bonds. The lowest BCUT2D eigenvalue weighted by Gasteiger charge is -2.35. The number of amides is 4. The van der Waals surface area contributed by atoms with E-state index < -0.39 is 0 Å². The van der Waals surface area contributed by atoms with E-state index in [1.807, 2.05) is 74.2 Å². The van der Waals surface area contributed by atoms with E-state index in [9.17, 15) is 19.2 Å². The Bertz CT molecular complexity index is 2210. The number of unbranched alkanes of at least 4 members (excludes halogenated alkanes) is 14. The number of hydrogen-bond acceptors (Lipinski definition) is 6. The van der Waals surface area contributed by atoms with Crippen molar-refractivity contribution in [2.75, 3.05) is 18.1 Å². The second-order valence-corrected chi connectivity index (χ2v) is 18.2. The Labute approximate surface area is 367 Å². The normalized spacial score (nSPS) is 15.8. The lowest BCUT2D eigenvalue weighted by atomic mass is 9.82. The fraction of sp³-hybridized carbons (Fsp3) is 0.442. The van der Waals surface area contributed by atoms with E-state index in [0.29, 0.717) is 40.6 Å². The molecule has 5 aromatic rings. The number of benzene rings is 5. The van der Waals surface area contributed by atoms with Crippen molar-refractivity contribution >= 4 is 92.0 Å². The Hall–Kier alpha value is -3.62. The third-order valence-corrected chi connectivity index (χ3v) is 14.0. The summed E-state index contributed by atoms with van der Waals surface area (Å²) in [5, 5.41) is 6.84. The fourth-order valence-corrected chi connectivity index (χ4v) is 10.6. The van der Waals surface area contributed by atoms with Crippen LogP contribution in [0.15, 0.2) is 48.5 Å². The molecule has 0 bridgehead atoms. The molecule has 0 N–H and O–H groups in total. The molecule has 1 aliphatic carbocycles. The summed E-state index contributed by atoms with van der Waals surface area (Å²) in [7, 11) is 0. The zero-order valence-electron chi connectivity index (χ0n) is 35.0. The van der Waals surface area contributed by atoms with Gasteiger partial charge >= 0.3 is 0 Å². The van der Waals surface area contributed by atoms with Crippen LogP contribution in [0.25, 0.3) is 43.1 Å². The number of fused-ring (bicyclic) bond motifs is 2. The summed E-state index contributed by atoms with van der Waals surface area (Å²) in [5.74, 6) is 2.08. The van der Waals surface area contributed by atoms with E-state index >= 15 is 0 Å². The molecular formula is C52H59N2O4S2. The van der Waals surface area contributed by atoms with Crippen molar-refractivity contribution in [3.05, 3.63) is 102 Å². The van der Waals surface area contributed by atoms with Gasteiger partial charge < -0.3 is 0 Å². The van der Waals surface area contributed by atoms with Crippen LogP contribution in [0.1, 0.15) is 163 Å². The molecule has 2 aliphatic heterocycles. The van der Waals surface area contributed by atoms with E-state index in [0.717, 1.165) is 93.7 Å². The third kappa shape index (κ3) is 8.58. The summed E-state index contributed by atoms with van der Waals surface area (Å²) in [5.41, 5.74) is 2.22. The van der Waals surface area contributed by atoms with Gasteiger partial charge in [0.15, 0.2) is 0 Å². The standard InChI is InChI=1S/C52H59N2O4S2/c55-49-41-27-23-37-39-25-29-43-48-44(30-26-40(46(39)48)38-24-28-42(47(41)45(37)38)50(56)53(49)32-31-35-19-15-16-20-35)52(58)54(51(43)57)36(21-13-9-5-1-3-7-11-17-33-59)22-14-10-6-2-4-8-12-18-34-60/h15-16,19-20,23-30,36,59-60H,1-14,17-18,21-22,31-34H2. The minimum absolute atomic E-state index is 0.137. The average Bonchev–Trinajstić information content (AvgIpc) is 3.79. The maximum Gasteiger partial charge on any atom is 0.261 e. The van der Waals surface area contributed by atoms with Gasteiger partial charge in [0.05, 0.1) is 0 Å². The smallest absolute Gasteiger partial charge is 0.261 e. The number of carbonyl (C=O) groups is 4. The topological polar surface area (TPSA) is 74.8 Å². The molecule has 0 atom stereocenters. The van der Waals surface area contributed by atoms with Gasteiger partial charge in [-0.25, -0.2) is 0 Å². The van der Waals surface area contributed by atoms with Crippen LogP contribution < -0.4 is 0 Å². The van der Waals surface area contributed by atoms with E-state index in [1.54, 1.807) is 4.90 Å². The van der Waals surface area contributed by atoms with Gasteiger partial charge in [-0.1, -0.05) is 114 Å². The third-order valence-electron chi connectivity index (χ3n) is 13.4. The molecule has 5 radical (unpaired) electrons. The first-order valence-electron chi connectivity index (χ1n) is 22.8. The van der Waals surface area contributed by atoms with Gasteiger partial charge in [0.1, 0.15) is 0 Å². The summed E-state index contributed by atoms with van der Waals surface area (Å²) in [6.07, 6.45) is 29.2. The lowest BCUT2D eigenvalue weighted by molar-refractivity contribution is 0.0514. The molecule has 5 aromatic carbocycles. The molecule has 60 heavy (non-hydrogen) atoms. The highest BCUT2D eigenvalue weighted by Crippen LogP contribution is 2.47. The average molecular weight is 840 g/mol. The molecule has 313 valence electrons. The highest BCUT2D eigenvalue weighted by atomic mass is 32.1. The van der Waals surface area contributed by atoms with Crippen molar-refractivity contribution in [3.63, 3.8) is 0 Å². The van der Waals surface area contributed by atoms with Gasteiger partial charge in [0.25, 0.3) is 23.6 Å². The van der Waals surface area contributed by atoms with Crippen LogP contribution in [0.3, 0.4) is 0 Å². The monoisotopic (exact) mass is 839 g/mol. The zero-order chi connectivity index (χ0) is 41.6. The van der Waals surface area contributed by atoms with Crippen LogP contribution in [0.2, 0.25) is 0 Å². The number of hydrogen-bond donors (Lipinski definition) is 2. The highest BCUT2D eigenvalue weighted by molar-refractivity contribution is 7.80. The van der Waals surface area contributed by atoms with Crippen LogP contribution in [0, 0.1) is 31.6 Å². The molecule has 6 nitrogen and oxygen atoms in total. The Kier molecular flexibility index (Phi) is 14.4. The van der Waals surface area contributed by atoms with Gasteiger partial charge in [-0.2, -0.15) is 25.3 Å². The number of nitrogens with zero attached hydrogens (tertiary/aromatic N) is 2. The molecule has 0 aromatic heterocycles. The summed E-state index contributed by atoms with van der Waals surface area (Å²) in [4.78, 5) is 60.4. The Morgan fingerprint density at radius 2 is 0.767 bits per heavy atom. The Morgan fingerprint density at radius 3 is 1.15 bits per heavy atom. The second-order valence-electron chi connectivity index (χ2n) is 17.3. The second kappa shape index (κ2) is 20.0. The molecule has 0 unspecified atom stereocenters. The Balaban J connectivity index is 1.06. The summed E-state index contributed by atoms with van der Waals surface area (Å²) < 4.78 is 0. The predicted molar refractivity (Wildman–Crippen MR) is 253 cm³/mol. The molecule has 2 heterocycles. The zero-order valence-corrected chi connectivity index (χ0v) is 36.8. The van der Waals surface area contributed by atoms with Crippen LogP contribution in [-0.4, -0.2) is 57.5 Å². The molecule has 8 heteroatoms. The van der Waals surface area contributed by atoms with Crippen molar-refractivity contribution in [1.29, 1.82) is 0 Å². The van der Waals surface area contributed by atoms with E-state index in [-0.39, 0.29) is 29.7 Å². The van der Waals surface area contributed by atoms with Crippen molar-refractivity contribution in [2.45, 2.75) is 128 Å². The molecule has 1 saturated carbocycles. The van der Waals surface area contributed by atoms with Crippen LogP contribution in [0.4, 0.5) is 0 Å². The quantitative estimate of drug-likeness (QED) is 0.0213. The van der Waals surface area contributed by atoms with Gasteiger partial charge in [-0.15, -0.1) is 0 Å². The summed E-state index contributed by atoms with van der Waals surface area (Å²) in [6, 6.07) is 15.4. The van der Waals surface area contributed by atoms with Crippen molar-refractivity contribution in [3.8, 4) is 0 Å². The molecule has 1 fully saturated rings. The number of rotatable bonds is 24. The minimum atomic E-state index is -0.274. The SMILES string of the molecule is O=C1c2ccc3c4ccc5c6c(ccc(c7ccc(c2c37)C(=O)N1CC[C]1[CH][CH][CH][CH]1)c64)C(=O)N(C(CCCCCCCCCCS)CCCCCCCCCCS)C5=O. The first kappa shape index (κ1) is 43.0. The van der Waals surface area contributed by atoms with Crippen LogP contribution >= 0.6 is 25.3 Å². The van der Waals surface area contributed by atoms with Crippen molar-refractivity contribution < 1.29 is 19.2 Å². The largest absolute Gasteiger partial charge is 0.274 e. The van der Waals surface area contributed by atoms with Crippen molar-refractivity contribution in [2.24, 2.45) is 0 Å². The summed E-state index contributed by atoms with van der Waals surface area (Å²) in [6.45, 7) is 0.314. The minimum Gasteiger partial charge on any atom is -0.274 e. The lowest BCUT2D eigenvalue weighted by Crippen LogP contribution is -2.47. The molecule has 8 rings (SSSR count). The number of imide groups is 2. The van der Waals surface area contributed by atoms with Crippen LogP contribution in [-0.2, 0) is 0 Å². The van der Waals surface area contributed by atoms with Gasteiger partial charge in [0.2, 0.25) is 0 Å². The Morgan fingerprint density at radius 1 is 0.417 bits per heavy atom. The van der Waals surface area contributed by atoms with Gasteiger partial charge in [-0.05, 0) is 132 Å². The molecule has 3 aliphatic rings. The van der Waals surface area contributed by atoms with E-state index in [1.165, 1.54) is 81.9 Å². The van der Waals surface area contributed by atoms with Gasteiger partial charge in [-0.3, -0.25) is 29.0 Å². The number of thiol groups is 2. The highest BCUT2D eigenvalue weighted by Gasteiger charge is 2.39. The maximum absolute atomic E-state index is 14.7. The van der Waals surface area contributed by atoms with Gasteiger partial charge in [0, 0.05) is 45.6 Å². The first-order chi connectivity index (χ1) is 29.4. The molecular weight excluding hydrogens is 781 g/mol. The van der Waals surface area contributed by atoms with Crippen LogP contribution in [0.5, 0.6) is 0 Å². The van der Waals surface area contributed by atoms with E-state index in [2.05, 4.69) is 25.3 Å². The number of carbonyl (C=O) groups excluding carboxylic acids is 4.